The number of nitrogens with two attached hydrogens (primary N) is 1. The molecule has 0 aliphatic rings. The summed E-state index contributed by atoms with van der Waals surface area (Å²) in [5.41, 5.74) is 8.98. The summed E-state index contributed by atoms with van der Waals surface area (Å²) in [7, 11) is 1.93. The predicted molar refractivity (Wildman–Crippen MR) is 66.8 cm³/mol. The smallest absolute Gasteiger partial charge is 0.106 e. The van der Waals surface area contributed by atoms with E-state index in [1.165, 1.54) is 10.4 Å². The van der Waals surface area contributed by atoms with Gasteiger partial charge in [0.1, 0.15) is 5.69 Å². The standard InChI is InChI=1S/C10H12BrN3S/c1-6-8(4-12)14(2)13-10(6)9-3-7(11)5-15-9/h3,5H,4,12H2,1-2H3. The van der Waals surface area contributed by atoms with Crippen molar-refractivity contribution in [1.29, 1.82) is 0 Å². The Balaban J connectivity index is 2.54. The summed E-state index contributed by atoms with van der Waals surface area (Å²) in [6.45, 7) is 2.60. The average molecular weight is 286 g/mol. The normalized spacial score (nSPS) is 10.9. The third kappa shape index (κ3) is 1.87. The first kappa shape index (κ1) is 10.9. The first-order valence-corrected chi connectivity index (χ1v) is 6.27. The maximum absolute atomic E-state index is 5.68. The lowest BCUT2D eigenvalue weighted by Gasteiger charge is -1.97. The molecule has 0 unspecified atom stereocenters. The number of rotatable bonds is 2. The second kappa shape index (κ2) is 4.08. The number of aryl methyl sites for hydroxylation is 1. The second-order valence-corrected chi connectivity index (χ2v) is 5.20. The van der Waals surface area contributed by atoms with Gasteiger partial charge in [0.2, 0.25) is 0 Å². The minimum atomic E-state index is 0.530. The largest absolute Gasteiger partial charge is 0.325 e. The van der Waals surface area contributed by atoms with E-state index in [-0.39, 0.29) is 0 Å². The molecule has 2 N–H and O–H groups in total. The molecule has 0 saturated carbocycles. The number of nitrogens with zero attached hydrogens (tertiary/aromatic N) is 2. The molecule has 2 aromatic rings. The Morgan fingerprint density at radius 1 is 1.60 bits per heavy atom. The topological polar surface area (TPSA) is 43.8 Å². The lowest BCUT2D eigenvalue weighted by molar-refractivity contribution is 0.712. The maximum atomic E-state index is 5.68. The summed E-state index contributed by atoms with van der Waals surface area (Å²) in [6.07, 6.45) is 0. The van der Waals surface area contributed by atoms with Gasteiger partial charge in [-0.15, -0.1) is 11.3 Å². The van der Waals surface area contributed by atoms with Crippen LogP contribution in [0.4, 0.5) is 0 Å². The van der Waals surface area contributed by atoms with Crippen molar-refractivity contribution in [3.05, 3.63) is 27.2 Å². The number of hydrogen-bond donors (Lipinski definition) is 1. The van der Waals surface area contributed by atoms with Crippen LogP contribution in [0.2, 0.25) is 0 Å². The minimum Gasteiger partial charge on any atom is -0.325 e. The second-order valence-electron chi connectivity index (χ2n) is 3.38. The fourth-order valence-corrected chi connectivity index (χ4v) is 3.09. The van der Waals surface area contributed by atoms with Crippen LogP contribution in [0.1, 0.15) is 11.3 Å². The van der Waals surface area contributed by atoms with Crippen molar-refractivity contribution in [2.45, 2.75) is 13.5 Å². The van der Waals surface area contributed by atoms with E-state index in [1.807, 2.05) is 11.7 Å². The highest BCUT2D eigenvalue weighted by atomic mass is 79.9. The molecule has 0 aliphatic carbocycles. The van der Waals surface area contributed by atoms with Gasteiger partial charge in [0, 0.05) is 29.0 Å². The fraction of sp³-hybridized carbons (Fsp3) is 0.300. The van der Waals surface area contributed by atoms with Crippen molar-refractivity contribution in [2.24, 2.45) is 12.8 Å². The molecule has 0 aromatic carbocycles. The van der Waals surface area contributed by atoms with Crippen LogP contribution in [-0.4, -0.2) is 9.78 Å². The van der Waals surface area contributed by atoms with Gasteiger partial charge in [0.25, 0.3) is 0 Å². The zero-order chi connectivity index (χ0) is 11.0. The third-order valence-electron chi connectivity index (χ3n) is 2.42. The van der Waals surface area contributed by atoms with Crippen LogP contribution in [0.25, 0.3) is 10.6 Å². The Morgan fingerprint density at radius 2 is 2.33 bits per heavy atom. The molecule has 2 rings (SSSR count). The molecular formula is C10H12BrN3S. The van der Waals surface area contributed by atoms with Crippen LogP contribution in [0.15, 0.2) is 15.9 Å². The number of thiophene rings is 1. The molecular weight excluding hydrogens is 274 g/mol. The summed E-state index contributed by atoms with van der Waals surface area (Å²) >= 11 is 5.13. The summed E-state index contributed by atoms with van der Waals surface area (Å²) < 4.78 is 2.96. The number of halogens is 1. The molecule has 5 heteroatoms. The Hall–Kier alpha value is -0.650. The highest BCUT2D eigenvalue weighted by molar-refractivity contribution is 9.10. The zero-order valence-electron chi connectivity index (χ0n) is 8.62. The molecule has 0 spiro atoms. The van der Waals surface area contributed by atoms with Crippen molar-refractivity contribution in [1.82, 2.24) is 9.78 Å². The molecule has 0 atom stereocenters. The Labute approximate surface area is 101 Å². The summed E-state index contributed by atoms with van der Waals surface area (Å²) in [6, 6.07) is 2.08. The Kier molecular flexibility index (Phi) is 2.95. The zero-order valence-corrected chi connectivity index (χ0v) is 11.0. The van der Waals surface area contributed by atoms with E-state index >= 15 is 0 Å². The lowest BCUT2D eigenvalue weighted by Crippen LogP contribution is -2.05. The van der Waals surface area contributed by atoms with E-state index in [0.717, 1.165) is 15.9 Å². The van der Waals surface area contributed by atoms with E-state index in [1.54, 1.807) is 11.3 Å². The van der Waals surface area contributed by atoms with E-state index in [4.69, 9.17) is 5.73 Å². The van der Waals surface area contributed by atoms with Crippen LogP contribution in [-0.2, 0) is 13.6 Å². The van der Waals surface area contributed by atoms with Crippen molar-refractivity contribution < 1.29 is 0 Å². The first-order chi connectivity index (χ1) is 7.13. The van der Waals surface area contributed by atoms with E-state index in [9.17, 15) is 0 Å². The highest BCUT2D eigenvalue weighted by Crippen LogP contribution is 2.31. The van der Waals surface area contributed by atoms with Gasteiger partial charge in [0.15, 0.2) is 0 Å². The fourth-order valence-electron chi connectivity index (χ4n) is 1.62. The van der Waals surface area contributed by atoms with E-state index < -0.39 is 0 Å². The summed E-state index contributed by atoms with van der Waals surface area (Å²) in [5.74, 6) is 0. The van der Waals surface area contributed by atoms with Crippen molar-refractivity contribution in [3.8, 4) is 10.6 Å². The van der Waals surface area contributed by atoms with E-state index in [0.29, 0.717) is 6.54 Å². The Morgan fingerprint density at radius 3 is 2.80 bits per heavy atom. The molecule has 0 bridgehead atoms. The maximum Gasteiger partial charge on any atom is 0.106 e. The molecule has 2 aromatic heterocycles. The number of hydrogen-bond acceptors (Lipinski definition) is 3. The quantitative estimate of drug-likeness (QED) is 0.922. The average Bonchev–Trinajstić information content (AvgIpc) is 2.71. The van der Waals surface area contributed by atoms with Crippen LogP contribution in [0.5, 0.6) is 0 Å². The molecule has 80 valence electrons. The van der Waals surface area contributed by atoms with Crippen molar-refractivity contribution >= 4 is 27.3 Å². The van der Waals surface area contributed by atoms with Crippen LogP contribution >= 0.6 is 27.3 Å². The monoisotopic (exact) mass is 285 g/mol. The van der Waals surface area contributed by atoms with Crippen molar-refractivity contribution in [2.75, 3.05) is 0 Å². The lowest BCUT2D eigenvalue weighted by atomic mass is 10.2. The van der Waals surface area contributed by atoms with Gasteiger partial charge in [-0.1, -0.05) is 0 Å². The molecule has 0 fully saturated rings. The molecule has 2 heterocycles. The van der Waals surface area contributed by atoms with Gasteiger partial charge in [-0.2, -0.15) is 5.10 Å². The summed E-state index contributed by atoms with van der Waals surface area (Å²) in [4.78, 5) is 1.18. The molecule has 0 amide bonds. The van der Waals surface area contributed by atoms with Crippen molar-refractivity contribution in [3.63, 3.8) is 0 Å². The highest BCUT2D eigenvalue weighted by Gasteiger charge is 2.13. The minimum absolute atomic E-state index is 0.530. The molecule has 0 saturated heterocycles. The number of aromatic nitrogens is 2. The van der Waals surface area contributed by atoms with Crippen LogP contribution in [0.3, 0.4) is 0 Å². The van der Waals surface area contributed by atoms with Crippen LogP contribution in [0, 0.1) is 6.92 Å². The van der Waals surface area contributed by atoms with Gasteiger partial charge in [0.05, 0.1) is 10.6 Å². The SMILES string of the molecule is Cc1c(-c2cc(Br)cs2)nn(C)c1CN. The van der Waals surface area contributed by atoms with Crippen LogP contribution < -0.4 is 5.73 Å². The molecule has 0 aliphatic heterocycles. The van der Waals surface area contributed by atoms with E-state index in [2.05, 4.69) is 39.4 Å². The molecule has 0 radical (unpaired) electrons. The summed E-state index contributed by atoms with van der Waals surface area (Å²) in [5, 5.41) is 6.55. The van der Waals surface area contributed by atoms with Gasteiger partial charge >= 0.3 is 0 Å². The third-order valence-corrected chi connectivity index (χ3v) is 4.12. The Bertz CT molecular complexity index is 487. The van der Waals surface area contributed by atoms with Gasteiger partial charge < -0.3 is 5.73 Å². The molecule has 3 nitrogen and oxygen atoms in total. The predicted octanol–water partition coefficient (Wildman–Crippen LogP) is 2.68. The van der Waals surface area contributed by atoms with Gasteiger partial charge in [-0.25, -0.2) is 0 Å². The first-order valence-electron chi connectivity index (χ1n) is 4.60. The van der Waals surface area contributed by atoms with Gasteiger partial charge in [-0.05, 0) is 28.9 Å². The molecule has 15 heavy (non-hydrogen) atoms. The van der Waals surface area contributed by atoms with Gasteiger partial charge in [-0.3, -0.25) is 4.68 Å².